The maximum Gasteiger partial charge on any atom is 0.0304 e. The molecule has 2 aliphatic rings. The molecule has 0 aromatic carbocycles. The lowest BCUT2D eigenvalue weighted by atomic mass is 9.83. The molecule has 2 nitrogen and oxygen atoms in total. The molecule has 2 fully saturated rings. The van der Waals surface area contributed by atoms with Crippen LogP contribution in [0.1, 0.15) is 59.3 Å². The first-order valence-corrected chi connectivity index (χ1v) is 7.41. The van der Waals surface area contributed by atoms with Gasteiger partial charge in [-0.25, -0.2) is 0 Å². The van der Waals surface area contributed by atoms with Crippen molar-refractivity contribution in [2.45, 2.75) is 64.8 Å². The van der Waals surface area contributed by atoms with Crippen molar-refractivity contribution in [3.63, 3.8) is 0 Å². The Bertz CT molecular complexity index is 262. The number of rotatable bonds is 4. The van der Waals surface area contributed by atoms with Crippen molar-refractivity contribution in [3.8, 4) is 0 Å². The van der Waals surface area contributed by atoms with E-state index in [4.69, 9.17) is 5.73 Å². The van der Waals surface area contributed by atoms with E-state index in [-0.39, 0.29) is 5.54 Å². The molecule has 3 N–H and O–H groups in total. The molecule has 100 valence electrons. The maximum absolute atomic E-state index is 6.08. The van der Waals surface area contributed by atoms with Gasteiger partial charge in [0.05, 0.1) is 0 Å². The lowest BCUT2D eigenvalue weighted by molar-refractivity contribution is 0.263. The molecular weight excluding hydrogens is 208 g/mol. The fraction of sp³-hybridized carbons (Fsp3) is 1.00. The second-order valence-electron chi connectivity index (χ2n) is 7.36. The highest BCUT2D eigenvalue weighted by Crippen LogP contribution is 2.40. The van der Waals surface area contributed by atoms with Crippen LogP contribution < -0.4 is 11.1 Å². The molecular formula is C15H30N2. The van der Waals surface area contributed by atoms with Crippen LogP contribution in [0.5, 0.6) is 0 Å². The summed E-state index contributed by atoms with van der Waals surface area (Å²) in [6, 6.07) is 0. The van der Waals surface area contributed by atoms with E-state index in [2.05, 4.69) is 26.1 Å². The van der Waals surface area contributed by atoms with Gasteiger partial charge in [-0.3, -0.25) is 0 Å². The van der Waals surface area contributed by atoms with E-state index in [0.717, 1.165) is 18.4 Å². The quantitative estimate of drug-likeness (QED) is 0.739. The summed E-state index contributed by atoms with van der Waals surface area (Å²) in [5.74, 6) is 1.87. The van der Waals surface area contributed by atoms with Crippen LogP contribution in [0, 0.1) is 17.3 Å². The predicted molar refractivity (Wildman–Crippen MR) is 73.9 cm³/mol. The average Bonchev–Trinajstić information content (AvgIpc) is 3.00. The second kappa shape index (κ2) is 4.89. The molecule has 2 heteroatoms. The molecule has 2 saturated carbocycles. The van der Waals surface area contributed by atoms with Crippen LogP contribution in [0.25, 0.3) is 0 Å². The minimum absolute atomic E-state index is 0.246. The molecule has 0 aromatic rings. The van der Waals surface area contributed by atoms with Gasteiger partial charge in [0.2, 0.25) is 0 Å². The first-order valence-electron chi connectivity index (χ1n) is 7.41. The van der Waals surface area contributed by atoms with Crippen molar-refractivity contribution in [1.29, 1.82) is 0 Å². The molecule has 0 saturated heterocycles. The third-order valence-electron chi connectivity index (χ3n) is 5.20. The van der Waals surface area contributed by atoms with Crippen LogP contribution in [0.3, 0.4) is 0 Å². The zero-order valence-corrected chi connectivity index (χ0v) is 11.9. The Hall–Kier alpha value is -0.0800. The zero-order chi connectivity index (χ0) is 12.5. The summed E-state index contributed by atoms with van der Waals surface area (Å²) in [7, 11) is 0. The fourth-order valence-electron chi connectivity index (χ4n) is 3.22. The highest BCUT2D eigenvalue weighted by atomic mass is 15.0. The first kappa shape index (κ1) is 13.4. The SMILES string of the molecule is CC1CC1CNC1(CN)CCCC(C)(C)CC1. The molecule has 0 radical (unpaired) electrons. The summed E-state index contributed by atoms with van der Waals surface area (Å²) in [6.07, 6.45) is 7.95. The van der Waals surface area contributed by atoms with E-state index in [1.165, 1.54) is 45.1 Å². The predicted octanol–water partition coefficient (Wildman–Crippen LogP) is 2.92. The zero-order valence-electron chi connectivity index (χ0n) is 11.9. The minimum atomic E-state index is 0.246. The lowest BCUT2D eigenvalue weighted by Gasteiger charge is -2.34. The Labute approximate surface area is 107 Å². The van der Waals surface area contributed by atoms with Crippen LogP contribution in [-0.4, -0.2) is 18.6 Å². The van der Waals surface area contributed by atoms with Crippen molar-refractivity contribution in [3.05, 3.63) is 0 Å². The Morgan fingerprint density at radius 1 is 1.18 bits per heavy atom. The monoisotopic (exact) mass is 238 g/mol. The minimum Gasteiger partial charge on any atom is -0.329 e. The molecule has 0 bridgehead atoms. The summed E-state index contributed by atoms with van der Waals surface area (Å²) in [6.45, 7) is 9.17. The fourth-order valence-corrected chi connectivity index (χ4v) is 3.22. The van der Waals surface area contributed by atoms with E-state index in [0.29, 0.717) is 5.41 Å². The molecule has 0 aromatic heterocycles. The van der Waals surface area contributed by atoms with Crippen LogP contribution in [0.4, 0.5) is 0 Å². The third-order valence-corrected chi connectivity index (χ3v) is 5.20. The van der Waals surface area contributed by atoms with Gasteiger partial charge in [0.15, 0.2) is 0 Å². The molecule has 0 aliphatic heterocycles. The summed E-state index contributed by atoms with van der Waals surface area (Å²) >= 11 is 0. The van der Waals surface area contributed by atoms with Crippen LogP contribution >= 0.6 is 0 Å². The van der Waals surface area contributed by atoms with Crippen molar-refractivity contribution in [2.75, 3.05) is 13.1 Å². The van der Waals surface area contributed by atoms with Gasteiger partial charge in [-0.05, 0) is 55.9 Å². The van der Waals surface area contributed by atoms with Gasteiger partial charge >= 0.3 is 0 Å². The summed E-state index contributed by atoms with van der Waals surface area (Å²) in [5.41, 5.74) is 6.84. The normalized spacial score (nSPS) is 40.9. The molecule has 0 amide bonds. The number of hydrogen-bond acceptors (Lipinski definition) is 2. The van der Waals surface area contributed by atoms with E-state index in [9.17, 15) is 0 Å². The molecule has 2 rings (SSSR count). The Balaban J connectivity index is 1.89. The molecule has 0 heterocycles. The molecule has 2 aliphatic carbocycles. The van der Waals surface area contributed by atoms with Crippen molar-refractivity contribution < 1.29 is 0 Å². The van der Waals surface area contributed by atoms with Crippen molar-refractivity contribution in [1.82, 2.24) is 5.32 Å². The summed E-state index contributed by atoms with van der Waals surface area (Å²) in [4.78, 5) is 0. The first-order chi connectivity index (χ1) is 7.96. The van der Waals surface area contributed by atoms with Gasteiger partial charge in [-0.15, -0.1) is 0 Å². The maximum atomic E-state index is 6.08. The topological polar surface area (TPSA) is 38.0 Å². The number of nitrogens with two attached hydrogens (primary N) is 1. The molecule has 3 atom stereocenters. The summed E-state index contributed by atoms with van der Waals surface area (Å²) in [5, 5.41) is 3.83. The third kappa shape index (κ3) is 3.45. The Kier molecular flexibility index (Phi) is 3.84. The smallest absolute Gasteiger partial charge is 0.0304 e. The standard InChI is InChI=1S/C15H30N2/c1-12-9-13(12)10-17-15(11-16)6-4-5-14(2,3)7-8-15/h12-13,17H,4-11,16H2,1-3H3. The second-order valence-corrected chi connectivity index (χ2v) is 7.36. The average molecular weight is 238 g/mol. The van der Waals surface area contributed by atoms with Crippen molar-refractivity contribution >= 4 is 0 Å². The Morgan fingerprint density at radius 3 is 2.47 bits per heavy atom. The largest absolute Gasteiger partial charge is 0.329 e. The van der Waals surface area contributed by atoms with Gasteiger partial charge < -0.3 is 11.1 Å². The number of hydrogen-bond donors (Lipinski definition) is 2. The summed E-state index contributed by atoms with van der Waals surface area (Å²) < 4.78 is 0. The van der Waals surface area contributed by atoms with Gasteiger partial charge in [-0.1, -0.05) is 27.2 Å². The van der Waals surface area contributed by atoms with Crippen molar-refractivity contribution in [2.24, 2.45) is 23.0 Å². The van der Waals surface area contributed by atoms with Crippen LogP contribution in [0.15, 0.2) is 0 Å². The van der Waals surface area contributed by atoms with Gasteiger partial charge in [0.25, 0.3) is 0 Å². The van der Waals surface area contributed by atoms with E-state index >= 15 is 0 Å². The van der Waals surface area contributed by atoms with Crippen LogP contribution in [0.2, 0.25) is 0 Å². The van der Waals surface area contributed by atoms with Gasteiger partial charge in [0.1, 0.15) is 0 Å². The molecule has 0 spiro atoms. The van der Waals surface area contributed by atoms with Crippen LogP contribution in [-0.2, 0) is 0 Å². The van der Waals surface area contributed by atoms with E-state index in [1.54, 1.807) is 0 Å². The van der Waals surface area contributed by atoms with Gasteiger partial charge in [0, 0.05) is 12.1 Å². The van der Waals surface area contributed by atoms with Gasteiger partial charge in [-0.2, -0.15) is 0 Å². The van der Waals surface area contributed by atoms with E-state index in [1.807, 2.05) is 0 Å². The number of nitrogens with one attached hydrogen (secondary N) is 1. The highest BCUT2D eigenvalue weighted by Gasteiger charge is 2.38. The van der Waals surface area contributed by atoms with E-state index < -0.39 is 0 Å². The highest BCUT2D eigenvalue weighted by molar-refractivity contribution is 4.96. The molecule has 3 unspecified atom stereocenters. The Morgan fingerprint density at radius 2 is 1.88 bits per heavy atom. The lowest BCUT2D eigenvalue weighted by Crippen LogP contribution is -2.51. The molecule has 17 heavy (non-hydrogen) atoms.